The molecule has 1 N–H and O–H groups in total. The van der Waals surface area contributed by atoms with E-state index in [9.17, 15) is 4.79 Å². The first-order chi connectivity index (χ1) is 9.56. The van der Waals surface area contributed by atoms with E-state index in [0.29, 0.717) is 31.1 Å². The van der Waals surface area contributed by atoms with E-state index in [-0.39, 0.29) is 5.91 Å². The van der Waals surface area contributed by atoms with E-state index in [1.54, 1.807) is 7.11 Å². The number of benzene rings is 1. The Balaban J connectivity index is 2.53. The Labute approximate surface area is 121 Å². The monoisotopic (exact) mass is 279 g/mol. The molecular weight excluding hydrogens is 254 g/mol. The van der Waals surface area contributed by atoms with Gasteiger partial charge in [-0.2, -0.15) is 0 Å². The quantitative estimate of drug-likeness (QED) is 0.796. The lowest BCUT2D eigenvalue weighted by atomic mass is 10.1. The topological polar surface area (TPSA) is 47.6 Å². The summed E-state index contributed by atoms with van der Waals surface area (Å²) in [7, 11) is 1.62. The fourth-order valence-corrected chi connectivity index (χ4v) is 1.81. The minimum absolute atomic E-state index is 0.0894. The zero-order valence-electron chi connectivity index (χ0n) is 12.9. The molecule has 0 aromatic heterocycles. The zero-order valence-corrected chi connectivity index (χ0v) is 12.9. The molecule has 0 aliphatic rings. The summed E-state index contributed by atoms with van der Waals surface area (Å²) in [4.78, 5) is 11.7. The lowest BCUT2D eigenvalue weighted by Gasteiger charge is -2.11. The number of methoxy groups -OCH3 is 1. The first-order valence-electron chi connectivity index (χ1n) is 7.13. The van der Waals surface area contributed by atoms with Crippen molar-refractivity contribution < 1.29 is 14.3 Å². The number of carbonyl (C=O) groups is 1. The first-order valence-corrected chi connectivity index (χ1v) is 7.13. The molecular formula is C16H25NO3. The van der Waals surface area contributed by atoms with Crippen molar-refractivity contribution in [3.63, 3.8) is 0 Å². The Kier molecular flexibility index (Phi) is 6.91. The number of aryl methyl sites for hydroxylation is 1. The number of ether oxygens (including phenoxy) is 2. The highest BCUT2D eigenvalue weighted by atomic mass is 16.5. The molecule has 4 nitrogen and oxygen atoms in total. The Bertz CT molecular complexity index is 430. The van der Waals surface area contributed by atoms with Gasteiger partial charge in [-0.15, -0.1) is 0 Å². The Morgan fingerprint density at radius 3 is 2.65 bits per heavy atom. The van der Waals surface area contributed by atoms with Gasteiger partial charge < -0.3 is 14.8 Å². The van der Waals surface area contributed by atoms with E-state index < -0.39 is 0 Å². The highest BCUT2D eigenvalue weighted by Crippen LogP contribution is 2.28. The summed E-state index contributed by atoms with van der Waals surface area (Å²) in [6.45, 7) is 7.43. The van der Waals surface area contributed by atoms with Gasteiger partial charge in [-0.1, -0.05) is 19.9 Å². The highest BCUT2D eigenvalue weighted by Gasteiger charge is 2.07. The van der Waals surface area contributed by atoms with Crippen LogP contribution in [0.2, 0.25) is 0 Å². The minimum Gasteiger partial charge on any atom is -0.493 e. The van der Waals surface area contributed by atoms with Crippen LogP contribution in [0.5, 0.6) is 11.5 Å². The first kappa shape index (κ1) is 16.3. The maximum atomic E-state index is 11.7. The van der Waals surface area contributed by atoms with Crippen LogP contribution in [0.4, 0.5) is 0 Å². The summed E-state index contributed by atoms with van der Waals surface area (Å²) in [5.74, 6) is 2.02. The lowest BCUT2D eigenvalue weighted by molar-refractivity contribution is -0.121. The molecule has 0 aliphatic carbocycles. The van der Waals surface area contributed by atoms with Crippen molar-refractivity contribution >= 4 is 5.91 Å². The lowest BCUT2D eigenvalue weighted by Crippen LogP contribution is -2.27. The summed E-state index contributed by atoms with van der Waals surface area (Å²) in [5, 5.41) is 2.92. The molecule has 0 spiro atoms. The summed E-state index contributed by atoms with van der Waals surface area (Å²) < 4.78 is 10.8. The van der Waals surface area contributed by atoms with Crippen molar-refractivity contribution in [1.82, 2.24) is 5.32 Å². The number of hydrogen-bond acceptors (Lipinski definition) is 3. The van der Waals surface area contributed by atoms with E-state index >= 15 is 0 Å². The summed E-state index contributed by atoms with van der Waals surface area (Å²) in [5.41, 5.74) is 1.07. The van der Waals surface area contributed by atoms with Crippen molar-refractivity contribution in [1.29, 1.82) is 0 Å². The van der Waals surface area contributed by atoms with Gasteiger partial charge in [-0.05, 0) is 37.0 Å². The number of nitrogens with one attached hydrogen (secondary N) is 1. The zero-order chi connectivity index (χ0) is 15.0. The number of amides is 1. The van der Waals surface area contributed by atoms with Crippen LogP contribution >= 0.6 is 0 Å². The largest absolute Gasteiger partial charge is 0.493 e. The number of carbonyl (C=O) groups excluding carboxylic acids is 1. The van der Waals surface area contributed by atoms with Gasteiger partial charge in [-0.25, -0.2) is 0 Å². The van der Waals surface area contributed by atoms with Crippen LogP contribution < -0.4 is 14.8 Å². The van der Waals surface area contributed by atoms with E-state index in [1.165, 1.54) is 0 Å². The molecule has 1 amide bonds. The average Bonchev–Trinajstić information content (AvgIpc) is 2.44. The Hall–Kier alpha value is -1.71. The van der Waals surface area contributed by atoms with Gasteiger partial charge in [-0.3, -0.25) is 4.79 Å². The molecule has 20 heavy (non-hydrogen) atoms. The second-order valence-electron chi connectivity index (χ2n) is 5.12. The molecule has 0 saturated heterocycles. The molecule has 0 unspecified atom stereocenters. The van der Waals surface area contributed by atoms with E-state index in [2.05, 4.69) is 19.2 Å². The van der Waals surface area contributed by atoms with E-state index in [0.717, 1.165) is 17.9 Å². The maximum Gasteiger partial charge on any atom is 0.220 e. The van der Waals surface area contributed by atoms with Crippen molar-refractivity contribution in [3.05, 3.63) is 23.8 Å². The highest BCUT2D eigenvalue weighted by molar-refractivity contribution is 5.76. The van der Waals surface area contributed by atoms with Crippen molar-refractivity contribution in [3.8, 4) is 11.5 Å². The molecule has 1 aromatic rings. The van der Waals surface area contributed by atoms with E-state index in [1.807, 2.05) is 25.1 Å². The second-order valence-corrected chi connectivity index (χ2v) is 5.12. The van der Waals surface area contributed by atoms with Crippen molar-refractivity contribution in [2.45, 2.75) is 33.6 Å². The van der Waals surface area contributed by atoms with Gasteiger partial charge in [0.25, 0.3) is 0 Å². The average molecular weight is 279 g/mol. The van der Waals surface area contributed by atoms with Crippen LogP contribution in [0.25, 0.3) is 0 Å². The van der Waals surface area contributed by atoms with Crippen LogP contribution in [0.15, 0.2) is 18.2 Å². The number of rotatable bonds is 8. The van der Waals surface area contributed by atoms with Crippen LogP contribution in [-0.2, 0) is 11.2 Å². The summed E-state index contributed by atoms with van der Waals surface area (Å²) >= 11 is 0. The van der Waals surface area contributed by atoms with Gasteiger partial charge in [0.1, 0.15) is 0 Å². The third kappa shape index (κ3) is 5.51. The molecule has 1 aromatic carbocycles. The Morgan fingerprint density at radius 1 is 1.30 bits per heavy atom. The van der Waals surface area contributed by atoms with Gasteiger partial charge >= 0.3 is 0 Å². The molecule has 112 valence electrons. The maximum absolute atomic E-state index is 11.7. The van der Waals surface area contributed by atoms with Gasteiger partial charge in [0.2, 0.25) is 5.91 Å². The molecule has 0 saturated carbocycles. The summed E-state index contributed by atoms with van der Waals surface area (Å²) in [6, 6.07) is 5.80. The molecule has 1 rings (SSSR count). The Morgan fingerprint density at radius 2 is 2.05 bits per heavy atom. The molecule has 0 heterocycles. The second kappa shape index (κ2) is 8.46. The molecule has 0 radical (unpaired) electrons. The predicted molar refractivity (Wildman–Crippen MR) is 80.3 cm³/mol. The SMILES string of the molecule is CCOc1ccc(CCC(=O)NCC(C)C)cc1OC. The van der Waals surface area contributed by atoms with Gasteiger partial charge in [0.05, 0.1) is 13.7 Å². The molecule has 0 fully saturated rings. The van der Waals surface area contributed by atoms with Crippen LogP contribution in [-0.4, -0.2) is 26.2 Å². The molecule has 0 aliphatic heterocycles. The summed E-state index contributed by atoms with van der Waals surface area (Å²) in [6.07, 6.45) is 1.19. The standard InChI is InChI=1S/C16H25NO3/c1-5-20-14-8-6-13(10-15(14)19-4)7-9-16(18)17-11-12(2)3/h6,8,10,12H,5,7,9,11H2,1-4H3,(H,17,18). The van der Waals surface area contributed by atoms with E-state index in [4.69, 9.17) is 9.47 Å². The third-order valence-electron chi connectivity index (χ3n) is 2.88. The number of hydrogen-bond donors (Lipinski definition) is 1. The molecule has 0 bridgehead atoms. The smallest absolute Gasteiger partial charge is 0.220 e. The predicted octanol–water partition coefficient (Wildman–Crippen LogP) is 2.80. The van der Waals surface area contributed by atoms with Crippen LogP contribution in [0.1, 0.15) is 32.8 Å². The van der Waals surface area contributed by atoms with Gasteiger partial charge in [0, 0.05) is 13.0 Å². The fourth-order valence-electron chi connectivity index (χ4n) is 1.81. The van der Waals surface area contributed by atoms with Crippen LogP contribution in [0.3, 0.4) is 0 Å². The van der Waals surface area contributed by atoms with Crippen molar-refractivity contribution in [2.24, 2.45) is 5.92 Å². The normalized spacial score (nSPS) is 10.4. The van der Waals surface area contributed by atoms with Crippen LogP contribution in [0, 0.1) is 5.92 Å². The molecule has 4 heteroatoms. The fraction of sp³-hybridized carbons (Fsp3) is 0.562. The van der Waals surface area contributed by atoms with Crippen molar-refractivity contribution in [2.75, 3.05) is 20.3 Å². The minimum atomic E-state index is 0.0894. The molecule has 0 atom stereocenters. The van der Waals surface area contributed by atoms with Gasteiger partial charge in [0.15, 0.2) is 11.5 Å². The third-order valence-corrected chi connectivity index (χ3v) is 2.88.